The fourth-order valence-electron chi connectivity index (χ4n) is 6.24. The molecule has 51 heavy (non-hydrogen) atoms. The number of rotatable bonds is 7. The maximum Gasteiger partial charge on any atom is 2.00 e. The van der Waals surface area contributed by atoms with Crippen LogP contribution in [0, 0.1) is 52.0 Å². The van der Waals surface area contributed by atoms with Gasteiger partial charge in [-0.25, -0.2) is 0 Å². The van der Waals surface area contributed by atoms with E-state index in [4.69, 9.17) is 9.47 Å². The molecule has 252 valence electrons. The second-order valence-corrected chi connectivity index (χ2v) is 12.4. The van der Waals surface area contributed by atoms with E-state index in [0.717, 1.165) is 66.8 Å². The van der Waals surface area contributed by atoms with Gasteiger partial charge in [0.2, 0.25) is 6.71 Å². The van der Waals surface area contributed by atoms with E-state index in [1.165, 1.54) is 0 Å². The van der Waals surface area contributed by atoms with Gasteiger partial charge in [0.05, 0.1) is 5.72 Å². The summed E-state index contributed by atoms with van der Waals surface area (Å²) in [5.74, 6) is 2.32. The molecule has 4 aromatic carbocycles. The van der Waals surface area contributed by atoms with Crippen LogP contribution in [-0.4, -0.2) is 26.6 Å². The molecular formula is C42H29BN4O2PdPt. The van der Waals surface area contributed by atoms with E-state index in [1.54, 1.807) is 12.4 Å². The van der Waals surface area contributed by atoms with Crippen molar-refractivity contribution < 1.29 is 51.0 Å². The summed E-state index contributed by atoms with van der Waals surface area (Å²) in [6.07, 6.45) is 7.13. The zero-order valence-corrected chi connectivity index (χ0v) is 32.0. The summed E-state index contributed by atoms with van der Waals surface area (Å²) in [5.41, 5.74) is 12.3. The molecule has 9 heteroatoms. The molecule has 1 aliphatic heterocycles. The molecule has 0 radical (unpaired) electrons. The number of aromatic nitrogens is 4. The van der Waals surface area contributed by atoms with Crippen LogP contribution in [-0.2, 0) is 41.5 Å². The third kappa shape index (κ3) is 7.65. The molecule has 8 rings (SSSR count). The van der Waals surface area contributed by atoms with Crippen molar-refractivity contribution in [1.82, 2.24) is 19.9 Å². The van der Waals surface area contributed by atoms with Crippen molar-refractivity contribution in [2.45, 2.75) is 27.7 Å². The number of nitrogens with zero attached hydrogens (tertiary/aromatic N) is 4. The number of benzene rings is 4. The van der Waals surface area contributed by atoms with Crippen molar-refractivity contribution in [3.63, 3.8) is 0 Å². The van der Waals surface area contributed by atoms with Gasteiger partial charge in [0.25, 0.3) is 0 Å². The Morgan fingerprint density at radius 1 is 0.490 bits per heavy atom. The summed E-state index contributed by atoms with van der Waals surface area (Å²) in [4.78, 5) is 18.4. The van der Waals surface area contributed by atoms with E-state index >= 15 is 0 Å². The van der Waals surface area contributed by atoms with Crippen LogP contribution in [0.4, 0.5) is 0 Å². The third-order valence-corrected chi connectivity index (χ3v) is 8.41. The van der Waals surface area contributed by atoms with Crippen molar-refractivity contribution in [3.05, 3.63) is 150 Å². The van der Waals surface area contributed by atoms with Crippen LogP contribution in [0.25, 0.3) is 33.6 Å². The molecule has 0 bridgehead atoms. The molecule has 0 unspecified atom stereocenters. The van der Waals surface area contributed by atoms with Crippen LogP contribution < -0.4 is 26.1 Å². The summed E-state index contributed by atoms with van der Waals surface area (Å²) in [5, 5.41) is 0. The van der Waals surface area contributed by atoms with Crippen molar-refractivity contribution in [2.24, 2.45) is 0 Å². The van der Waals surface area contributed by atoms with Gasteiger partial charge in [-0.1, -0.05) is 61.4 Å². The van der Waals surface area contributed by atoms with Crippen LogP contribution in [0.1, 0.15) is 22.3 Å². The Kier molecular flexibility index (Phi) is 10.8. The molecule has 0 N–H and O–H groups in total. The molecular weight excluding hydrogens is 905 g/mol. The molecule has 7 aromatic rings. The second-order valence-electron chi connectivity index (χ2n) is 12.4. The van der Waals surface area contributed by atoms with E-state index in [1.807, 2.05) is 80.8 Å². The zero-order chi connectivity index (χ0) is 33.5. The van der Waals surface area contributed by atoms with Gasteiger partial charge in [-0.05, 0) is 43.4 Å². The quantitative estimate of drug-likeness (QED) is 0.126. The van der Waals surface area contributed by atoms with Gasteiger partial charge in [0, 0.05) is 47.8 Å². The van der Waals surface area contributed by atoms with Crippen LogP contribution in [0.15, 0.2) is 104 Å². The van der Waals surface area contributed by atoms with Crippen LogP contribution >= 0.6 is 0 Å². The van der Waals surface area contributed by atoms with Gasteiger partial charge in [0.15, 0.2) is 0 Å². The molecule has 0 aliphatic carbocycles. The largest absolute Gasteiger partial charge is 2.00 e. The number of ether oxygens (including phenoxy) is 2. The Hall–Kier alpha value is -4.72. The minimum atomic E-state index is -0.319. The Bertz CT molecular complexity index is 2230. The van der Waals surface area contributed by atoms with Gasteiger partial charge < -0.3 is 19.4 Å². The zero-order valence-electron chi connectivity index (χ0n) is 28.1. The topological polar surface area (TPSA) is 70.0 Å². The fraction of sp³-hybridized carbons (Fsp3) is 0.0952. The maximum absolute atomic E-state index is 6.40. The van der Waals surface area contributed by atoms with E-state index < -0.39 is 0 Å². The predicted molar refractivity (Wildman–Crippen MR) is 192 cm³/mol. The second kappa shape index (κ2) is 15.3. The molecule has 0 fully saturated rings. The summed E-state index contributed by atoms with van der Waals surface area (Å²) in [6.45, 7) is 7.86. The molecule has 4 heterocycles. The number of pyridine rings is 2. The molecule has 0 spiro atoms. The van der Waals surface area contributed by atoms with Crippen molar-refractivity contribution in [3.8, 4) is 56.6 Å². The molecule has 0 amide bonds. The van der Waals surface area contributed by atoms with Gasteiger partial charge in [-0.3, -0.25) is 9.97 Å². The summed E-state index contributed by atoms with van der Waals surface area (Å²) >= 11 is 0. The minimum absolute atomic E-state index is 0. The molecule has 3 aromatic heterocycles. The van der Waals surface area contributed by atoms with Gasteiger partial charge in [-0.2, -0.15) is 34.2 Å². The maximum atomic E-state index is 6.40. The van der Waals surface area contributed by atoms with E-state index in [0.29, 0.717) is 28.7 Å². The Morgan fingerprint density at radius 3 is 1.41 bits per heavy atom. The molecule has 6 nitrogen and oxygen atoms in total. The van der Waals surface area contributed by atoms with Gasteiger partial charge >= 0.3 is 41.5 Å². The summed E-state index contributed by atoms with van der Waals surface area (Å²) in [6, 6.07) is 39.8. The smallest absolute Gasteiger partial charge is 0.503 e. The van der Waals surface area contributed by atoms with Crippen LogP contribution in [0.3, 0.4) is 0 Å². The molecule has 0 saturated carbocycles. The summed E-state index contributed by atoms with van der Waals surface area (Å²) in [7, 11) is 0. The van der Waals surface area contributed by atoms with Crippen LogP contribution in [0.5, 0.6) is 23.0 Å². The number of hydrogen-bond donors (Lipinski definition) is 0. The molecule has 0 atom stereocenters. The third-order valence-electron chi connectivity index (χ3n) is 8.41. The predicted octanol–water partition coefficient (Wildman–Crippen LogP) is 7.11. The standard InChI is InChI=1S/C42H29BN4O2.Pd.Pt/c1-26-10-14-44-40(20-26)30-16-28(3)18-34(22-30)48-32-6-8-36-37-9-7-33(25-39(37)43(38(36)24-32)42-46-12-5-13-47-42)49-35-19-29(4)17-31(23-35)41-21-27(2)11-15-45-41;;/h5-21H,1-4H3;;/q-4;2*+2. The Morgan fingerprint density at radius 2 is 0.961 bits per heavy atom. The first-order valence-electron chi connectivity index (χ1n) is 16.1. The number of hydrogen-bond acceptors (Lipinski definition) is 6. The van der Waals surface area contributed by atoms with Gasteiger partial charge in [0.1, 0.15) is 0 Å². The molecule has 1 aliphatic rings. The van der Waals surface area contributed by atoms with E-state index in [2.05, 4.69) is 82.3 Å². The first-order chi connectivity index (χ1) is 23.9. The van der Waals surface area contributed by atoms with Crippen molar-refractivity contribution in [2.75, 3.05) is 0 Å². The van der Waals surface area contributed by atoms with Gasteiger partial charge in [-0.15, -0.1) is 58.7 Å². The number of aryl methyl sites for hydroxylation is 4. The van der Waals surface area contributed by atoms with E-state index in [9.17, 15) is 0 Å². The average Bonchev–Trinajstić information content (AvgIpc) is 3.41. The number of fused-ring (bicyclic) bond motifs is 3. The Labute approximate surface area is 326 Å². The fourth-order valence-corrected chi connectivity index (χ4v) is 6.24. The van der Waals surface area contributed by atoms with Crippen molar-refractivity contribution >= 4 is 23.4 Å². The Balaban J connectivity index is 0.00000224. The van der Waals surface area contributed by atoms with Crippen molar-refractivity contribution in [1.29, 1.82) is 0 Å². The van der Waals surface area contributed by atoms with E-state index in [-0.39, 0.29) is 48.2 Å². The first-order valence-corrected chi connectivity index (χ1v) is 16.1. The molecule has 0 saturated heterocycles. The summed E-state index contributed by atoms with van der Waals surface area (Å²) < 4.78 is 12.8. The minimum Gasteiger partial charge on any atom is -0.503 e. The SMILES string of the molecule is Cc1cc(Oc2[c-]c3c(cc2)-c2ccc(Oc4[c-]c(-c5cc(C)ccn5)cc(C)c4)[c-]c2B3c2ncccn2)[c-]c(-c2cc(C)ccn2)c1.[Pd+2].[Pt+2]. The normalized spacial score (nSPS) is 11.2. The van der Waals surface area contributed by atoms with Crippen LogP contribution in [0.2, 0.25) is 0 Å². The monoisotopic (exact) mass is 933 g/mol. The average molecular weight is 934 g/mol. The first kappa shape index (κ1) is 36.1.